The number of hydrogen-bond acceptors (Lipinski definition) is 3. The first-order valence-electron chi connectivity index (χ1n) is 3.04. The van der Waals surface area contributed by atoms with Gasteiger partial charge in [0.25, 0.3) is 0 Å². The van der Waals surface area contributed by atoms with Crippen LogP contribution in [0.3, 0.4) is 0 Å². The molecule has 0 aliphatic carbocycles. The van der Waals surface area contributed by atoms with Crippen molar-refractivity contribution in [2.45, 2.75) is 12.8 Å². The van der Waals surface area contributed by atoms with Gasteiger partial charge in [-0.25, -0.2) is 8.42 Å². The number of ether oxygens (including phenoxy) is 1. The lowest BCUT2D eigenvalue weighted by molar-refractivity contribution is 0.188. The van der Waals surface area contributed by atoms with Crippen molar-refractivity contribution in [3.8, 4) is 0 Å². The van der Waals surface area contributed by atoms with Crippen LogP contribution >= 0.6 is 0 Å². The Kier molecular flexibility index (Phi) is 2.28. The normalized spacial score (nSPS) is 21.7. The molecule has 4 nitrogen and oxygen atoms in total. The van der Waals surface area contributed by atoms with Crippen LogP contribution in [0.5, 0.6) is 0 Å². The van der Waals surface area contributed by atoms with E-state index in [-0.39, 0.29) is 0 Å². The minimum Gasteiger partial charge on any atom is -0.355 e. The van der Waals surface area contributed by atoms with Crippen molar-refractivity contribution in [2.24, 2.45) is 0 Å². The van der Waals surface area contributed by atoms with E-state index < -0.39 is 10.0 Å². The van der Waals surface area contributed by atoms with Gasteiger partial charge in [-0.1, -0.05) is 0 Å². The molecule has 0 bridgehead atoms. The summed E-state index contributed by atoms with van der Waals surface area (Å²) in [6.45, 7) is 0.623. The minimum atomic E-state index is -3.12. The molecular weight excluding hydrogens is 154 g/mol. The first kappa shape index (κ1) is 7.97. The SMILES string of the molecule is CS(=O)(=O)N[C]1CCCO1. The molecule has 1 fully saturated rings. The summed E-state index contributed by atoms with van der Waals surface area (Å²) in [5.74, 6) is 0. The highest BCUT2D eigenvalue weighted by atomic mass is 32.2. The molecule has 0 atom stereocenters. The summed E-state index contributed by atoms with van der Waals surface area (Å²) in [7, 11) is -3.12. The number of nitrogens with one attached hydrogen (secondary N) is 1. The zero-order chi connectivity index (χ0) is 7.61. The fourth-order valence-electron chi connectivity index (χ4n) is 0.788. The van der Waals surface area contributed by atoms with Crippen LogP contribution in [0.1, 0.15) is 12.8 Å². The monoisotopic (exact) mass is 164 g/mol. The van der Waals surface area contributed by atoms with Crippen LogP contribution in [-0.2, 0) is 14.8 Å². The van der Waals surface area contributed by atoms with Gasteiger partial charge < -0.3 is 4.74 Å². The Morgan fingerprint density at radius 2 is 2.30 bits per heavy atom. The third-order valence-corrected chi connectivity index (χ3v) is 1.72. The second kappa shape index (κ2) is 2.86. The highest BCUT2D eigenvalue weighted by Crippen LogP contribution is 2.16. The van der Waals surface area contributed by atoms with Crippen molar-refractivity contribution in [1.29, 1.82) is 0 Å². The van der Waals surface area contributed by atoms with Gasteiger partial charge in [-0.2, -0.15) is 4.72 Å². The summed E-state index contributed by atoms with van der Waals surface area (Å²) in [6.07, 6.45) is 3.19. The smallest absolute Gasteiger partial charge is 0.211 e. The van der Waals surface area contributed by atoms with E-state index in [1.807, 2.05) is 0 Å². The molecule has 0 spiro atoms. The molecule has 1 heterocycles. The molecule has 5 heteroatoms. The van der Waals surface area contributed by atoms with Crippen molar-refractivity contribution in [2.75, 3.05) is 12.9 Å². The van der Waals surface area contributed by atoms with Gasteiger partial charge in [-0.05, 0) is 12.8 Å². The summed E-state index contributed by atoms with van der Waals surface area (Å²) in [4.78, 5) is 0. The Labute approximate surface area is 60.6 Å². The minimum absolute atomic E-state index is 0.475. The van der Waals surface area contributed by atoms with Crippen molar-refractivity contribution < 1.29 is 13.2 Å². The van der Waals surface area contributed by atoms with Crippen LogP contribution < -0.4 is 4.72 Å². The van der Waals surface area contributed by atoms with E-state index in [9.17, 15) is 8.42 Å². The molecule has 1 saturated heterocycles. The van der Waals surface area contributed by atoms with Crippen LogP contribution in [0.15, 0.2) is 0 Å². The van der Waals surface area contributed by atoms with Gasteiger partial charge >= 0.3 is 0 Å². The van der Waals surface area contributed by atoms with Crippen LogP contribution in [-0.4, -0.2) is 21.3 Å². The molecule has 59 valence electrons. The summed E-state index contributed by atoms with van der Waals surface area (Å²) in [5.41, 5.74) is 0. The van der Waals surface area contributed by atoms with Gasteiger partial charge in [-0.3, -0.25) is 0 Å². The van der Waals surface area contributed by atoms with E-state index in [0.29, 0.717) is 19.3 Å². The topological polar surface area (TPSA) is 55.4 Å². The third kappa shape index (κ3) is 2.64. The Bertz CT molecular complexity index is 193. The lowest BCUT2D eigenvalue weighted by Gasteiger charge is -2.06. The van der Waals surface area contributed by atoms with Crippen molar-refractivity contribution in [1.82, 2.24) is 4.72 Å². The second-order valence-electron chi connectivity index (χ2n) is 2.25. The van der Waals surface area contributed by atoms with Crippen molar-refractivity contribution in [3.63, 3.8) is 0 Å². The summed E-state index contributed by atoms with van der Waals surface area (Å²) in [5, 5.41) is 0. The summed E-state index contributed by atoms with van der Waals surface area (Å²) < 4.78 is 28.4. The van der Waals surface area contributed by atoms with E-state index in [1.165, 1.54) is 0 Å². The van der Waals surface area contributed by atoms with E-state index in [0.717, 1.165) is 12.7 Å². The van der Waals surface area contributed by atoms with Gasteiger partial charge in [0, 0.05) is 6.61 Å². The van der Waals surface area contributed by atoms with E-state index in [4.69, 9.17) is 4.74 Å². The van der Waals surface area contributed by atoms with Crippen LogP contribution in [0.2, 0.25) is 0 Å². The van der Waals surface area contributed by atoms with Crippen LogP contribution in [0, 0.1) is 6.23 Å². The predicted octanol–water partition coefficient (Wildman–Crippen LogP) is -0.165. The maximum absolute atomic E-state index is 10.6. The Balaban J connectivity index is 2.38. The molecule has 0 unspecified atom stereocenters. The van der Waals surface area contributed by atoms with Gasteiger partial charge in [0.05, 0.1) is 6.26 Å². The lowest BCUT2D eigenvalue weighted by Crippen LogP contribution is -2.26. The average molecular weight is 164 g/mol. The third-order valence-electron chi connectivity index (χ3n) is 1.12. The quantitative estimate of drug-likeness (QED) is 0.616. The van der Waals surface area contributed by atoms with Crippen LogP contribution in [0.4, 0.5) is 0 Å². The summed E-state index contributed by atoms with van der Waals surface area (Å²) >= 11 is 0. The molecule has 1 aliphatic heterocycles. The largest absolute Gasteiger partial charge is 0.355 e. The number of rotatable bonds is 2. The molecule has 0 amide bonds. The molecule has 1 N–H and O–H groups in total. The molecule has 1 rings (SSSR count). The zero-order valence-corrected chi connectivity index (χ0v) is 6.57. The molecule has 10 heavy (non-hydrogen) atoms. The van der Waals surface area contributed by atoms with Gasteiger partial charge in [-0.15, -0.1) is 0 Å². The van der Waals surface area contributed by atoms with Gasteiger partial charge in [0.1, 0.15) is 0 Å². The highest BCUT2D eigenvalue weighted by molar-refractivity contribution is 7.88. The van der Waals surface area contributed by atoms with E-state index >= 15 is 0 Å². The molecular formula is C5H10NO3S. The molecule has 0 aromatic carbocycles. The fraction of sp³-hybridized carbons (Fsp3) is 0.800. The Morgan fingerprint density at radius 1 is 1.60 bits per heavy atom. The average Bonchev–Trinajstić information content (AvgIpc) is 2.12. The lowest BCUT2D eigenvalue weighted by atomic mass is 10.3. The van der Waals surface area contributed by atoms with E-state index in [1.54, 1.807) is 0 Å². The van der Waals surface area contributed by atoms with Gasteiger partial charge in [0.15, 0.2) is 6.23 Å². The van der Waals surface area contributed by atoms with Crippen molar-refractivity contribution in [3.05, 3.63) is 6.23 Å². The predicted molar refractivity (Wildman–Crippen MR) is 36.4 cm³/mol. The van der Waals surface area contributed by atoms with Crippen molar-refractivity contribution >= 4 is 10.0 Å². The number of sulfonamides is 1. The number of hydrogen-bond donors (Lipinski definition) is 1. The fourth-order valence-corrected chi connectivity index (χ4v) is 1.36. The maximum Gasteiger partial charge on any atom is 0.211 e. The molecule has 1 aliphatic rings. The Morgan fingerprint density at radius 3 is 2.70 bits per heavy atom. The summed E-state index contributed by atoms with van der Waals surface area (Å²) in [6, 6.07) is 0. The maximum atomic E-state index is 10.6. The molecule has 0 aromatic rings. The first-order chi connectivity index (χ1) is 4.58. The van der Waals surface area contributed by atoms with Crippen LogP contribution in [0.25, 0.3) is 0 Å². The van der Waals surface area contributed by atoms with E-state index in [2.05, 4.69) is 4.72 Å². The Hall–Kier alpha value is -0.130. The molecule has 1 radical (unpaired) electrons. The molecule has 0 aromatic heterocycles. The molecule has 0 saturated carbocycles. The zero-order valence-electron chi connectivity index (χ0n) is 5.75. The first-order valence-corrected chi connectivity index (χ1v) is 4.93. The highest BCUT2D eigenvalue weighted by Gasteiger charge is 2.19. The second-order valence-corrected chi connectivity index (χ2v) is 4.00. The standard InChI is InChI=1S/C5H10NO3S/c1-10(7,8)6-5-3-2-4-9-5/h6H,2-4H2,1H3. The van der Waals surface area contributed by atoms with Gasteiger partial charge in [0.2, 0.25) is 10.0 Å².